The predicted molar refractivity (Wildman–Crippen MR) is 117 cm³/mol. The van der Waals surface area contributed by atoms with Crippen molar-refractivity contribution in [2.24, 2.45) is 13.0 Å². The number of nitrogens with one attached hydrogen (secondary N) is 2. The largest absolute Gasteiger partial charge is 0.346 e. The van der Waals surface area contributed by atoms with Crippen LogP contribution in [0.5, 0.6) is 0 Å². The molecule has 1 fully saturated rings. The minimum atomic E-state index is -2.27. The third-order valence-electron chi connectivity index (χ3n) is 5.06. The van der Waals surface area contributed by atoms with E-state index in [0.29, 0.717) is 22.7 Å². The molecule has 158 valence electrons. The van der Waals surface area contributed by atoms with Gasteiger partial charge in [-0.1, -0.05) is 12.1 Å². The van der Waals surface area contributed by atoms with Gasteiger partial charge in [-0.3, -0.25) is 19.3 Å². The fraction of sp³-hybridized carbons (Fsp3) is 0.200. The molecule has 1 aliphatic carbocycles. The van der Waals surface area contributed by atoms with Crippen LogP contribution in [0.1, 0.15) is 12.8 Å². The van der Waals surface area contributed by atoms with Crippen molar-refractivity contribution < 1.29 is 13.6 Å². The maximum absolute atomic E-state index is 12.2. The van der Waals surface area contributed by atoms with E-state index < -0.39 is 11.3 Å². The van der Waals surface area contributed by atoms with Crippen molar-refractivity contribution in [1.29, 1.82) is 0 Å². The number of nitrogens with zero attached hydrogens (tertiary/aromatic N) is 5. The fourth-order valence-electron chi connectivity index (χ4n) is 3.37. The van der Waals surface area contributed by atoms with Gasteiger partial charge >= 0.3 is 0 Å². The van der Waals surface area contributed by atoms with E-state index in [1.54, 1.807) is 36.3 Å². The molecule has 1 aliphatic rings. The summed E-state index contributed by atoms with van der Waals surface area (Å²) in [6, 6.07) is 8.97. The molecule has 1 aromatic carbocycles. The summed E-state index contributed by atoms with van der Waals surface area (Å²) in [4.78, 5) is 24.2. The monoisotopic (exact) mass is 437 g/mol. The van der Waals surface area contributed by atoms with E-state index in [-0.39, 0.29) is 17.8 Å². The molecule has 0 spiro atoms. The number of hydrogen-bond acceptors (Lipinski definition) is 5. The van der Waals surface area contributed by atoms with Crippen LogP contribution in [0.25, 0.3) is 22.3 Å². The standard InChI is InChI=1S/C20H19N7O3S/c1-26-11-15(10-22-26)27(31(29)30)14-6-4-12(5-7-14)17-16-8-9-21-18(16)24-20(23-17)25-19(28)13-2-3-13/h4-11,13H,2-3H2,1H3,(H,29,30)(H2,21,23,24,25,28). The van der Waals surface area contributed by atoms with Gasteiger partial charge in [0.05, 0.1) is 23.3 Å². The molecule has 0 aliphatic heterocycles. The van der Waals surface area contributed by atoms with Crippen LogP contribution in [0.2, 0.25) is 0 Å². The number of aromatic nitrogens is 5. The van der Waals surface area contributed by atoms with Crippen LogP contribution in [-0.4, -0.2) is 39.4 Å². The van der Waals surface area contributed by atoms with Crippen LogP contribution in [-0.2, 0) is 23.1 Å². The maximum atomic E-state index is 12.2. The predicted octanol–water partition coefficient (Wildman–Crippen LogP) is 2.98. The van der Waals surface area contributed by atoms with Crippen molar-refractivity contribution in [3.05, 3.63) is 48.9 Å². The van der Waals surface area contributed by atoms with E-state index in [4.69, 9.17) is 0 Å². The van der Waals surface area contributed by atoms with Gasteiger partial charge in [0.2, 0.25) is 11.9 Å². The lowest BCUT2D eigenvalue weighted by molar-refractivity contribution is -0.117. The number of carbonyl (C=O) groups excluding carboxylic acids is 1. The summed E-state index contributed by atoms with van der Waals surface area (Å²) in [6.45, 7) is 0. The minimum absolute atomic E-state index is 0.0449. The van der Waals surface area contributed by atoms with Gasteiger partial charge < -0.3 is 4.98 Å². The molecule has 1 unspecified atom stereocenters. The summed E-state index contributed by atoms with van der Waals surface area (Å²) < 4.78 is 24.6. The molecular weight excluding hydrogens is 418 g/mol. The molecule has 5 rings (SSSR count). The molecule has 31 heavy (non-hydrogen) atoms. The molecule has 10 nitrogen and oxygen atoms in total. The van der Waals surface area contributed by atoms with E-state index in [2.05, 4.69) is 25.4 Å². The van der Waals surface area contributed by atoms with Gasteiger partial charge in [-0.15, -0.1) is 0 Å². The van der Waals surface area contributed by atoms with Gasteiger partial charge in [0.1, 0.15) is 5.65 Å². The Kier molecular flexibility index (Phi) is 4.75. The lowest BCUT2D eigenvalue weighted by atomic mass is 10.1. The number of rotatable bonds is 6. The first kappa shape index (κ1) is 19.4. The number of H-pyrrole nitrogens is 1. The SMILES string of the molecule is Cn1cc(N(c2ccc(-c3nc(NC(=O)C4CC4)nc4[nH]ccc34)cc2)S(=O)O)cn1. The zero-order valence-corrected chi connectivity index (χ0v) is 17.3. The van der Waals surface area contributed by atoms with E-state index in [1.165, 1.54) is 10.5 Å². The number of hydrogen-bond donors (Lipinski definition) is 3. The number of carbonyl (C=O) groups is 1. The molecule has 4 aromatic rings. The summed E-state index contributed by atoms with van der Waals surface area (Å²) in [5, 5.41) is 7.67. The number of fused-ring (bicyclic) bond motifs is 1. The van der Waals surface area contributed by atoms with Gasteiger partial charge in [0, 0.05) is 36.3 Å². The van der Waals surface area contributed by atoms with Gasteiger partial charge in [-0.2, -0.15) is 10.1 Å². The molecular formula is C20H19N7O3S. The second kappa shape index (κ2) is 7.60. The summed E-state index contributed by atoms with van der Waals surface area (Å²) in [5.41, 5.74) is 3.08. The third-order valence-corrected chi connectivity index (χ3v) is 5.79. The van der Waals surface area contributed by atoms with Crippen molar-refractivity contribution in [2.75, 3.05) is 9.62 Å². The Hall–Kier alpha value is -3.57. The Bertz CT molecular complexity index is 1290. The van der Waals surface area contributed by atoms with Crippen molar-refractivity contribution in [3.8, 4) is 11.3 Å². The van der Waals surface area contributed by atoms with Crippen molar-refractivity contribution in [2.45, 2.75) is 12.8 Å². The van der Waals surface area contributed by atoms with Crippen LogP contribution in [0, 0.1) is 5.92 Å². The second-order valence-corrected chi connectivity index (χ2v) is 8.17. The van der Waals surface area contributed by atoms with Gasteiger partial charge in [-0.25, -0.2) is 13.5 Å². The van der Waals surface area contributed by atoms with Crippen LogP contribution >= 0.6 is 0 Å². The van der Waals surface area contributed by atoms with Crippen LogP contribution in [0.3, 0.4) is 0 Å². The first-order chi connectivity index (χ1) is 15.0. The Morgan fingerprint density at radius 3 is 2.65 bits per heavy atom. The van der Waals surface area contributed by atoms with Crippen molar-refractivity contribution in [1.82, 2.24) is 24.7 Å². The minimum Gasteiger partial charge on any atom is -0.346 e. The Morgan fingerprint density at radius 2 is 2.00 bits per heavy atom. The van der Waals surface area contributed by atoms with E-state index in [1.807, 2.05) is 18.2 Å². The second-order valence-electron chi connectivity index (χ2n) is 7.34. The summed E-state index contributed by atoms with van der Waals surface area (Å²) in [5.74, 6) is 0.229. The highest BCUT2D eigenvalue weighted by Crippen LogP contribution is 2.33. The molecule has 3 heterocycles. The molecule has 11 heteroatoms. The molecule has 0 bridgehead atoms. The number of anilines is 3. The number of aryl methyl sites for hydroxylation is 1. The normalized spacial score (nSPS) is 14.5. The molecule has 0 saturated heterocycles. The average Bonchev–Trinajstić information content (AvgIpc) is 3.36. The topological polar surface area (TPSA) is 129 Å². The maximum Gasteiger partial charge on any atom is 0.266 e. The highest BCUT2D eigenvalue weighted by atomic mass is 32.2. The number of benzene rings is 1. The lowest BCUT2D eigenvalue weighted by Gasteiger charge is -2.18. The van der Waals surface area contributed by atoms with E-state index >= 15 is 0 Å². The molecule has 1 amide bonds. The van der Waals surface area contributed by atoms with Crippen molar-refractivity contribution >= 4 is 45.5 Å². The Morgan fingerprint density at radius 1 is 1.23 bits per heavy atom. The van der Waals surface area contributed by atoms with Gasteiger partial charge in [0.25, 0.3) is 11.3 Å². The van der Waals surface area contributed by atoms with E-state index in [9.17, 15) is 13.6 Å². The Balaban J connectivity index is 1.50. The number of amides is 1. The summed E-state index contributed by atoms with van der Waals surface area (Å²) in [7, 11) is 1.74. The molecule has 0 radical (unpaired) electrons. The smallest absolute Gasteiger partial charge is 0.266 e. The van der Waals surface area contributed by atoms with Crippen LogP contribution in [0.15, 0.2) is 48.9 Å². The molecule has 3 aromatic heterocycles. The average molecular weight is 437 g/mol. The van der Waals surface area contributed by atoms with Gasteiger partial charge in [0.15, 0.2) is 0 Å². The van der Waals surface area contributed by atoms with Gasteiger partial charge in [-0.05, 0) is 31.0 Å². The Labute approximate surface area is 179 Å². The first-order valence-electron chi connectivity index (χ1n) is 9.66. The highest BCUT2D eigenvalue weighted by Gasteiger charge is 2.30. The number of aromatic amines is 1. The van der Waals surface area contributed by atoms with E-state index in [0.717, 1.165) is 23.8 Å². The molecule has 1 saturated carbocycles. The molecule has 3 N–H and O–H groups in total. The zero-order chi connectivity index (χ0) is 21.5. The zero-order valence-electron chi connectivity index (χ0n) is 16.5. The lowest BCUT2D eigenvalue weighted by Crippen LogP contribution is -2.18. The first-order valence-corrected chi connectivity index (χ1v) is 10.7. The summed E-state index contributed by atoms with van der Waals surface area (Å²) in [6.07, 6.45) is 6.73. The van der Waals surface area contributed by atoms with Crippen LogP contribution < -0.4 is 9.62 Å². The van der Waals surface area contributed by atoms with Crippen LogP contribution in [0.4, 0.5) is 17.3 Å². The fourth-order valence-corrected chi connectivity index (χ4v) is 3.95. The molecule has 1 atom stereocenters. The quantitative estimate of drug-likeness (QED) is 0.398. The highest BCUT2D eigenvalue weighted by molar-refractivity contribution is 7.81. The summed E-state index contributed by atoms with van der Waals surface area (Å²) >= 11 is -2.27. The van der Waals surface area contributed by atoms with Crippen molar-refractivity contribution in [3.63, 3.8) is 0 Å². The third kappa shape index (κ3) is 3.80.